The Bertz CT molecular complexity index is 398. The van der Waals surface area contributed by atoms with Crippen molar-refractivity contribution in [1.82, 2.24) is 0 Å². The molecule has 6 heteroatoms. The second kappa shape index (κ2) is 5.67. The van der Waals surface area contributed by atoms with Gasteiger partial charge in [-0.25, -0.2) is 9.18 Å². The summed E-state index contributed by atoms with van der Waals surface area (Å²) in [6.07, 6.45) is 0.482. The van der Waals surface area contributed by atoms with Crippen LogP contribution in [0.5, 0.6) is 5.75 Å². The average molecular weight is 250 g/mol. The minimum Gasteiger partial charge on any atom is -0.507 e. The molecule has 0 saturated carbocycles. The van der Waals surface area contributed by atoms with Crippen molar-refractivity contribution in [1.29, 1.82) is 0 Å². The van der Waals surface area contributed by atoms with Crippen molar-refractivity contribution in [2.24, 2.45) is 5.73 Å². The van der Waals surface area contributed by atoms with Gasteiger partial charge >= 0.3 is 5.97 Å². The molecule has 90 valence electrons. The highest BCUT2D eigenvalue weighted by molar-refractivity contribution is 5.91. The summed E-state index contributed by atoms with van der Waals surface area (Å²) in [6.45, 7) is 1.76. The molecule has 0 fully saturated rings. The second-order valence-electron chi connectivity index (χ2n) is 3.21. The lowest BCUT2D eigenvalue weighted by molar-refractivity contribution is 0.0693. The number of aromatic carboxylic acids is 1. The number of carbonyl (C=O) groups is 1. The third kappa shape index (κ3) is 2.84. The van der Waals surface area contributed by atoms with E-state index in [1.807, 2.05) is 0 Å². The molecule has 0 saturated heterocycles. The van der Waals surface area contributed by atoms with E-state index in [1.165, 1.54) is 0 Å². The van der Waals surface area contributed by atoms with Crippen molar-refractivity contribution in [3.05, 3.63) is 29.1 Å². The Hall–Kier alpha value is -1.33. The maximum Gasteiger partial charge on any atom is 0.339 e. The molecule has 0 heterocycles. The van der Waals surface area contributed by atoms with Crippen molar-refractivity contribution in [2.45, 2.75) is 19.4 Å². The standard InChI is InChI=1S/C10H12FNO3.ClH/c1-2-8(12)6-3-5(11)4-7(9(6)13)10(14)15;/h3-4,8,13H,2,12H2,1H3,(H,14,15);1H/t8-;/m0./s1. The predicted octanol–water partition coefficient (Wildman–Crippen LogP) is 2.06. The Morgan fingerprint density at radius 1 is 1.56 bits per heavy atom. The largest absolute Gasteiger partial charge is 0.507 e. The minimum atomic E-state index is -1.38. The lowest BCUT2D eigenvalue weighted by Crippen LogP contribution is -2.11. The van der Waals surface area contributed by atoms with Crippen LogP contribution in [0.3, 0.4) is 0 Å². The lowest BCUT2D eigenvalue weighted by Gasteiger charge is -2.13. The Morgan fingerprint density at radius 3 is 2.56 bits per heavy atom. The van der Waals surface area contributed by atoms with E-state index in [0.717, 1.165) is 12.1 Å². The van der Waals surface area contributed by atoms with Gasteiger partial charge in [0.05, 0.1) is 0 Å². The lowest BCUT2D eigenvalue weighted by atomic mass is 10.0. The molecule has 0 spiro atoms. The SMILES string of the molecule is CC[C@H](N)c1cc(F)cc(C(=O)O)c1O.Cl. The molecule has 16 heavy (non-hydrogen) atoms. The van der Waals surface area contributed by atoms with Crippen molar-refractivity contribution in [2.75, 3.05) is 0 Å². The van der Waals surface area contributed by atoms with Gasteiger partial charge in [0, 0.05) is 11.6 Å². The fourth-order valence-electron chi connectivity index (χ4n) is 1.29. The fourth-order valence-corrected chi connectivity index (χ4v) is 1.29. The molecule has 0 radical (unpaired) electrons. The summed E-state index contributed by atoms with van der Waals surface area (Å²) in [6, 6.07) is 1.25. The molecule has 0 aliphatic carbocycles. The number of hydrogen-bond donors (Lipinski definition) is 3. The number of carboxylic acids is 1. The first-order valence-corrected chi connectivity index (χ1v) is 4.48. The van der Waals surface area contributed by atoms with E-state index in [-0.39, 0.29) is 18.0 Å². The van der Waals surface area contributed by atoms with Gasteiger partial charge in [0.15, 0.2) is 0 Å². The zero-order valence-electron chi connectivity index (χ0n) is 8.61. The number of nitrogens with two attached hydrogens (primary N) is 1. The molecule has 1 rings (SSSR count). The van der Waals surface area contributed by atoms with Crippen LogP contribution < -0.4 is 5.73 Å². The smallest absolute Gasteiger partial charge is 0.339 e. The van der Waals surface area contributed by atoms with Crippen molar-refractivity contribution in [3.63, 3.8) is 0 Å². The maximum atomic E-state index is 13.0. The van der Waals surface area contributed by atoms with E-state index in [9.17, 15) is 14.3 Å². The number of aromatic hydroxyl groups is 1. The normalized spacial score (nSPS) is 11.7. The highest BCUT2D eigenvalue weighted by atomic mass is 35.5. The van der Waals surface area contributed by atoms with Crippen LogP contribution in [-0.2, 0) is 0 Å². The topological polar surface area (TPSA) is 83.6 Å². The molecule has 0 unspecified atom stereocenters. The van der Waals surface area contributed by atoms with Crippen LogP contribution in [0, 0.1) is 5.82 Å². The van der Waals surface area contributed by atoms with Crippen LogP contribution >= 0.6 is 12.4 Å². The zero-order valence-corrected chi connectivity index (χ0v) is 9.42. The van der Waals surface area contributed by atoms with Crippen LogP contribution in [0.15, 0.2) is 12.1 Å². The molecule has 0 bridgehead atoms. The average Bonchev–Trinajstić information content (AvgIpc) is 2.19. The third-order valence-corrected chi connectivity index (χ3v) is 2.17. The second-order valence-corrected chi connectivity index (χ2v) is 3.21. The molecule has 1 aromatic rings. The van der Waals surface area contributed by atoms with E-state index in [2.05, 4.69) is 0 Å². The monoisotopic (exact) mass is 249 g/mol. The Labute approximate surface area is 98.3 Å². The molecular weight excluding hydrogens is 237 g/mol. The fraction of sp³-hybridized carbons (Fsp3) is 0.300. The van der Waals surface area contributed by atoms with Crippen molar-refractivity contribution < 1.29 is 19.4 Å². The Balaban J connectivity index is 0.00000225. The molecule has 0 aliphatic heterocycles. The van der Waals surface area contributed by atoms with Gasteiger partial charge in [0.25, 0.3) is 0 Å². The van der Waals surface area contributed by atoms with E-state index < -0.39 is 29.1 Å². The van der Waals surface area contributed by atoms with Crippen LogP contribution in [0.1, 0.15) is 35.3 Å². The van der Waals surface area contributed by atoms with E-state index in [4.69, 9.17) is 10.8 Å². The molecule has 1 atom stereocenters. The summed E-state index contributed by atoms with van der Waals surface area (Å²) in [5, 5.41) is 18.3. The van der Waals surface area contributed by atoms with Gasteiger partial charge in [0.1, 0.15) is 17.1 Å². The zero-order chi connectivity index (χ0) is 11.6. The summed E-state index contributed by atoms with van der Waals surface area (Å²) >= 11 is 0. The highest BCUT2D eigenvalue weighted by Gasteiger charge is 2.18. The van der Waals surface area contributed by atoms with Gasteiger partial charge in [-0.3, -0.25) is 0 Å². The first-order chi connectivity index (χ1) is 6.97. The van der Waals surface area contributed by atoms with Gasteiger partial charge in [-0.1, -0.05) is 6.92 Å². The highest BCUT2D eigenvalue weighted by Crippen LogP contribution is 2.29. The number of phenols is 1. The molecular formula is C10H13ClFNO3. The van der Waals surface area contributed by atoms with E-state index >= 15 is 0 Å². The summed E-state index contributed by atoms with van der Waals surface area (Å²) in [4.78, 5) is 10.7. The Morgan fingerprint density at radius 2 is 2.12 bits per heavy atom. The molecule has 1 aromatic carbocycles. The van der Waals surface area contributed by atoms with Crippen LogP contribution in [0.25, 0.3) is 0 Å². The molecule has 0 amide bonds. The summed E-state index contributed by atoms with van der Waals surface area (Å²) in [5.74, 6) is -2.56. The van der Waals surface area contributed by atoms with Crippen LogP contribution in [-0.4, -0.2) is 16.2 Å². The molecule has 0 aliphatic rings. The minimum absolute atomic E-state index is 0. The third-order valence-electron chi connectivity index (χ3n) is 2.17. The summed E-state index contributed by atoms with van der Waals surface area (Å²) in [7, 11) is 0. The van der Waals surface area contributed by atoms with Crippen LogP contribution in [0.4, 0.5) is 4.39 Å². The van der Waals surface area contributed by atoms with Gasteiger partial charge in [0.2, 0.25) is 0 Å². The van der Waals surface area contributed by atoms with Crippen LogP contribution in [0.2, 0.25) is 0 Å². The number of halogens is 2. The number of rotatable bonds is 3. The quantitative estimate of drug-likeness (QED) is 0.766. The summed E-state index contributed by atoms with van der Waals surface area (Å²) in [5.41, 5.74) is 5.27. The van der Waals surface area contributed by atoms with Crippen molar-refractivity contribution in [3.8, 4) is 5.75 Å². The van der Waals surface area contributed by atoms with Gasteiger partial charge in [-0.15, -0.1) is 12.4 Å². The van der Waals surface area contributed by atoms with E-state index in [1.54, 1.807) is 6.92 Å². The number of benzene rings is 1. The Kier molecular flexibility index (Phi) is 5.20. The number of hydrogen-bond acceptors (Lipinski definition) is 3. The van der Waals surface area contributed by atoms with Gasteiger partial charge in [-0.05, 0) is 18.6 Å². The molecule has 0 aromatic heterocycles. The predicted molar refractivity (Wildman–Crippen MR) is 59.5 cm³/mol. The molecule has 4 N–H and O–H groups in total. The van der Waals surface area contributed by atoms with E-state index in [0.29, 0.717) is 6.42 Å². The first kappa shape index (κ1) is 14.7. The van der Waals surface area contributed by atoms with Gasteiger partial charge in [-0.2, -0.15) is 0 Å². The maximum absolute atomic E-state index is 13.0. The van der Waals surface area contributed by atoms with Gasteiger partial charge < -0.3 is 15.9 Å². The molecule has 4 nitrogen and oxygen atoms in total. The number of carboxylic acid groups (broad SMARTS) is 1. The van der Waals surface area contributed by atoms with Crippen molar-refractivity contribution >= 4 is 18.4 Å². The first-order valence-electron chi connectivity index (χ1n) is 4.48. The summed E-state index contributed by atoms with van der Waals surface area (Å²) < 4.78 is 13.0.